The summed E-state index contributed by atoms with van der Waals surface area (Å²) < 4.78 is 5.34. The van der Waals surface area contributed by atoms with Crippen molar-refractivity contribution < 1.29 is 4.74 Å². The van der Waals surface area contributed by atoms with Crippen LogP contribution in [0.15, 0.2) is 34.8 Å². The first kappa shape index (κ1) is 12.9. The average molecular weight is 287 g/mol. The van der Waals surface area contributed by atoms with E-state index in [9.17, 15) is 0 Å². The predicted molar refractivity (Wildman–Crippen MR) is 79.4 cm³/mol. The number of thiazole rings is 1. The number of nitrogens with zero attached hydrogens (tertiary/aromatic N) is 5. The van der Waals surface area contributed by atoms with Crippen molar-refractivity contribution in [1.82, 2.24) is 4.98 Å². The summed E-state index contributed by atoms with van der Waals surface area (Å²) in [6.45, 7) is 3.30. The Morgan fingerprint density at radius 3 is 2.70 bits per heavy atom. The summed E-state index contributed by atoms with van der Waals surface area (Å²) in [4.78, 5) is 9.67. The number of hydrogen-bond acceptors (Lipinski definition) is 5. The van der Waals surface area contributed by atoms with Gasteiger partial charge in [0.15, 0.2) is 5.13 Å². The minimum absolute atomic E-state index is 0.611. The smallest absolute Gasteiger partial charge is 0.186 e. The summed E-state index contributed by atoms with van der Waals surface area (Å²) in [5.74, 6) is 0. The molecule has 0 unspecified atom stereocenters. The van der Waals surface area contributed by atoms with Crippen LogP contribution in [0.4, 0.5) is 10.8 Å². The van der Waals surface area contributed by atoms with Gasteiger partial charge in [-0.1, -0.05) is 29.4 Å². The third-order valence-electron chi connectivity index (χ3n) is 3.10. The predicted octanol–water partition coefficient (Wildman–Crippen LogP) is 3.59. The van der Waals surface area contributed by atoms with E-state index >= 15 is 0 Å². The Kier molecular flexibility index (Phi) is 3.83. The zero-order valence-corrected chi connectivity index (χ0v) is 11.6. The van der Waals surface area contributed by atoms with Gasteiger partial charge in [-0.05, 0) is 5.53 Å². The molecule has 0 aliphatic carbocycles. The first-order valence-electron chi connectivity index (χ1n) is 6.30. The number of aromatic nitrogens is 1. The Bertz CT molecular complexity index is 626. The van der Waals surface area contributed by atoms with E-state index < -0.39 is 0 Å². The van der Waals surface area contributed by atoms with Gasteiger partial charge >= 0.3 is 0 Å². The standard InChI is InChI=1S/C13H13N5OS/c14-17-16-11-3-1-10(2-4-11)12-9-20-13(15-12)18-5-7-19-8-6-18/h1-4,9H,5-8H2. The molecule has 0 amide bonds. The van der Waals surface area contributed by atoms with Gasteiger partial charge in [0.25, 0.3) is 0 Å². The first-order chi connectivity index (χ1) is 9.86. The molecule has 0 N–H and O–H groups in total. The zero-order valence-electron chi connectivity index (χ0n) is 10.8. The van der Waals surface area contributed by atoms with Crippen LogP contribution in [0.25, 0.3) is 21.7 Å². The molecule has 3 rings (SSSR count). The van der Waals surface area contributed by atoms with Gasteiger partial charge in [-0.2, -0.15) is 0 Å². The maximum atomic E-state index is 8.39. The second-order valence-electron chi connectivity index (χ2n) is 4.35. The van der Waals surface area contributed by atoms with Crippen LogP contribution in [-0.2, 0) is 4.74 Å². The molecule has 0 atom stereocenters. The first-order valence-corrected chi connectivity index (χ1v) is 7.18. The molecular weight excluding hydrogens is 274 g/mol. The van der Waals surface area contributed by atoms with Gasteiger partial charge in [-0.3, -0.25) is 0 Å². The number of morpholine rings is 1. The molecule has 1 aromatic carbocycles. The van der Waals surface area contributed by atoms with Gasteiger partial charge in [0.05, 0.1) is 18.9 Å². The van der Waals surface area contributed by atoms with Gasteiger partial charge in [0, 0.05) is 34.6 Å². The van der Waals surface area contributed by atoms with Gasteiger partial charge < -0.3 is 9.64 Å². The van der Waals surface area contributed by atoms with Crippen LogP contribution in [0.3, 0.4) is 0 Å². The van der Waals surface area contributed by atoms with Gasteiger partial charge in [-0.15, -0.1) is 11.3 Å². The summed E-state index contributed by atoms with van der Waals surface area (Å²) in [5.41, 5.74) is 11.0. The highest BCUT2D eigenvalue weighted by molar-refractivity contribution is 7.14. The van der Waals surface area contributed by atoms with Crippen molar-refractivity contribution in [2.45, 2.75) is 0 Å². The molecule has 0 spiro atoms. The normalized spacial score (nSPS) is 14.9. The van der Waals surface area contributed by atoms with E-state index in [-0.39, 0.29) is 0 Å². The third-order valence-corrected chi connectivity index (χ3v) is 4.00. The van der Waals surface area contributed by atoms with E-state index in [4.69, 9.17) is 10.3 Å². The molecule has 1 aliphatic heterocycles. The lowest BCUT2D eigenvalue weighted by atomic mass is 10.1. The maximum Gasteiger partial charge on any atom is 0.186 e. The highest BCUT2D eigenvalue weighted by Gasteiger charge is 2.15. The highest BCUT2D eigenvalue weighted by atomic mass is 32.1. The van der Waals surface area contributed by atoms with Gasteiger partial charge in [-0.25, -0.2) is 4.98 Å². The van der Waals surface area contributed by atoms with Crippen LogP contribution < -0.4 is 4.90 Å². The van der Waals surface area contributed by atoms with Gasteiger partial charge in [0.2, 0.25) is 0 Å². The number of azide groups is 1. The fourth-order valence-corrected chi connectivity index (χ4v) is 2.94. The molecule has 6 nitrogen and oxygen atoms in total. The van der Waals surface area contributed by atoms with Crippen molar-refractivity contribution in [3.63, 3.8) is 0 Å². The number of ether oxygens (including phenoxy) is 1. The third kappa shape index (κ3) is 2.75. The van der Waals surface area contributed by atoms with Crippen molar-refractivity contribution >= 4 is 22.2 Å². The zero-order chi connectivity index (χ0) is 13.8. The molecule has 0 radical (unpaired) electrons. The Labute approximate surface area is 120 Å². The summed E-state index contributed by atoms with van der Waals surface area (Å²) in [5, 5.41) is 6.64. The van der Waals surface area contributed by atoms with Crippen molar-refractivity contribution in [2.75, 3.05) is 31.2 Å². The molecule has 0 bridgehead atoms. The van der Waals surface area contributed by atoms with Crippen LogP contribution in [0.2, 0.25) is 0 Å². The second-order valence-corrected chi connectivity index (χ2v) is 5.19. The summed E-state index contributed by atoms with van der Waals surface area (Å²) in [6, 6.07) is 7.43. The summed E-state index contributed by atoms with van der Waals surface area (Å²) >= 11 is 1.64. The van der Waals surface area contributed by atoms with Crippen LogP contribution in [0.5, 0.6) is 0 Å². The highest BCUT2D eigenvalue weighted by Crippen LogP contribution is 2.29. The van der Waals surface area contributed by atoms with E-state index in [1.165, 1.54) is 0 Å². The van der Waals surface area contributed by atoms with Crippen LogP contribution in [0.1, 0.15) is 0 Å². The number of hydrogen-bond donors (Lipinski definition) is 0. The molecule has 2 aromatic rings. The van der Waals surface area contributed by atoms with Crippen molar-refractivity contribution in [2.24, 2.45) is 5.11 Å². The van der Waals surface area contributed by atoms with E-state index in [1.54, 1.807) is 23.5 Å². The van der Waals surface area contributed by atoms with Crippen molar-refractivity contribution in [3.05, 3.63) is 40.1 Å². The Balaban J connectivity index is 1.80. The lowest BCUT2D eigenvalue weighted by molar-refractivity contribution is 0.122. The van der Waals surface area contributed by atoms with Crippen molar-refractivity contribution in [1.29, 1.82) is 0 Å². The monoisotopic (exact) mass is 287 g/mol. The maximum absolute atomic E-state index is 8.39. The summed E-state index contributed by atoms with van der Waals surface area (Å²) in [6.07, 6.45) is 0. The average Bonchev–Trinajstić information content (AvgIpc) is 2.99. The Morgan fingerprint density at radius 2 is 2.00 bits per heavy atom. The lowest BCUT2D eigenvalue weighted by Crippen LogP contribution is -2.36. The van der Waals surface area contributed by atoms with E-state index in [0.29, 0.717) is 5.69 Å². The topological polar surface area (TPSA) is 74.1 Å². The van der Waals surface area contributed by atoms with Crippen LogP contribution in [-0.4, -0.2) is 31.3 Å². The molecule has 0 saturated carbocycles. The quantitative estimate of drug-likeness (QED) is 0.492. The number of rotatable bonds is 3. The van der Waals surface area contributed by atoms with E-state index in [2.05, 4.69) is 19.9 Å². The molecular formula is C13H13N5OS. The molecule has 1 saturated heterocycles. The molecule has 1 aromatic heterocycles. The fraction of sp³-hybridized carbons (Fsp3) is 0.308. The fourth-order valence-electron chi connectivity index (χ4n) is 2.05. The molecule has 20 heavy (non-hydrogen) atoms. The van der Waals surface area contributed by atoms with Crippen LogP contribution in [0, 0.1) is 0 Å². The molecule has 1 aliphatic rings. The molecule has 1 fully saturated rings. The summed E-state index contributed by atoms with van der Waals surface area (Å²) in [7, 11) is 0. The SMILES string of the molecule is [N-]=[N+]=Nc1ccc(-c2csc(N3CCOCC3)n2)cc1. The van der Waals surface area contributed by atoms with E-state index in [1.807, 2.05) is 17.5 Å². The minimum atomic E-state index is 0.611. The second kappa shape index (κ2) is 5.92. The minimum Gasteiger partial charge on any atom is -0.378 e. The number of anilines is 1. The molecule has 2 heterocycles. The Hall–Kier alpha value is -2.08. The number of benzene rings is 1. The Morgan fingerprint density at radius 1 is 1.25 bits per heavy atom. The van der Waals surface area contributed by atoms with Crippen molar-refractivity contribution in [3.8, 4) is 11.3 Å². The van der Waals surface area contributed by atoms with E-state index in [0.717, 1.165) is 42.7 Å². The van der Waals surface area contributed by atoms with Crippen LogP contribution >= 0.6 is 11.3 Å². The van der Waals surface area contributed by atoms with Gasteiger partial charge in [0.1, 0.15) is 0 Å². The molecule has 102 valence electrons. The largest absolute Gasteiger partial charge is 0.378 e. The molecule has 7 heteroatoms. The lowest BCUT2D eigenvalue weighted by Gasteiger charge is -2.26.